The van der Waals surface area contributed by atoms with Crippen LogP contribution in [0.2, 0.25) is 0 Å². The van der Waals surface area contributed by atoms with E-state index in [2.05, 4.69) is 15.3 Å². The van der Waals surface area contributed by atoms with E-state index in [0.717, 1.165) is 24.0 Å². The number of carbonyl (C=O) groups is 1. The van der Waals surface area contributed by atoms with Crippen molar-refractivity contribution in [3.63, 3.8) is 0 Å². The van der Waals surface area contributed by atoms with Gasteiger partial charge in [-0.3, -0.25) is 4.79 Å². The monoisotopic (exact) mass is 260 g/mol. The maximum Gasteiger partial charge on any atom is 0.325 e. The number of nitrogens with one attached hydrogen (secondary N) is 1. The average molecular weight is 260 g/mol. The first kappa shape index (κ1) is 13.4. The normalized spacial score (nSPS) is 15.6. The van der Waals surface area contributed by atoms with Gasteiger partial charge in [0.1, 0.15) is 6.04 Å². The molecule has 0 heterocycles. The number of hydrogen-bond acceptors (Lipinski definition) is 3. The minimum atomic E-state index is -0.908. The summed E-state index contributed by atoms with van der Waals surface area (Å²) in [7, 11) is 0. The molecule has 19 heavy (non-hydrogen) atoms. The summed E-state index contributed by atoms with van der Waals surface area (Å²) in [5.74, 6) is -0.411. The lowest BCUT2D eigenvalue weighted by Gasteiger charge is -2.17. The number of hydrogen-bond donors (Lipinski definition) is 2. The molecule has 1 aromatic rings. The first-order chi connectivity index (χ1) is 9.24. The molecule has 1 unspecified atom stereocenters. The molecule has 1 aromatic carbocycles. The third kappa shape index (κ3) is 3.47. The zero-order chi connectivity index (χ0) is 13.7. The number of azide groups is 1. The van der Waals surface area contributed by atoms with Gasteiger partial charge in [0.25, 0.3) is 0 Å². The first-order valence-electron chi connectivity index (χ1n) is 6.30. The van der Waals surface area contributed by atoms with E-state index >= 15 is 0 Å². The Morgan fingerprint density at radius 2 is 2.26 bits per heavy atom. The van der Waals surface area contributed by atoms with Gasteiger partial charge in [-0.05, 0) is 35.4 Å². The molecule has 100 valence electrons. The molecule has 1 aliphatic rings. The number of aliphatic carboxylic acids is 1. The molecule has 0 amide bonds. The van der Waals surface area contributed by atoms with Crippen LogP contribution in [0.3, 0.4) is 0 Å². The van der Waals surface area contributed by atoms with Crippen molar-refractivity contribution >= 4 is 5.97 Å². The standard InChI is InChI=1S/C13H16N4O2/c14-17-16-8-7-15-12(13(18)19)11-4-2-1-3-10(11)9-5-6-9/h1-4,9,12,15H,5-8H2,(H,18,19). The maximum atomic E-state index is 11.4. The van der Waals surface area contributed by atoms with Gasteiger partial charge < -0.3 is 10.4 Å². The molecule has 2 rings (SSSR count). The van der Waals surface area contributed by atoms with Gasteiger partial charge in [0.2, 0.25) is 0 Å². The molecule has 1 aliphatic carbocycles. The molecule has 0 saturated heterocycles. The second-order valence-corrected chi connectivity index (χ2v) is 4.58. The predicted molar refractivity (Wildman–Crippen MR) is 70.8 cm³/mol. The highest BCUT2D eigenvalue weighted by Crippen LogP contribution is 2.42. The van der Waals surface area contributed by atoms with Gasteiger partial charge in [0.15, 0.2) is 0 Å². The van der Waals surface area contributed by atoms with Crippen LogP contribution in [-0.2, 0) is 4.79 Å². The van der Waals surface area contributed by atoms with Crippen molar-refractivity contribution in [2.75, 3.05) is 13.1 Å². The molecule has 1 atom stereocenters. The van der Waals surface area contributed by atoms with Crippen molar-refractivity contribution in [3.05, 3.63) is 45.8 Å². The number of benzene rings is 1. The first-order valence-corrected chi connectivity index (χ1v) is 6.30. The van der Waals surface area contributed by atoms with E-state index in [1.54, 1.807) is 0 Å². The summed E-state index contributed by atoms with van der Waals surface area (Å²) in [6.07, 6.45) is 2.25. The van der Waals surface area contributed by atoms with Gasteiger partial charge in [-0.25, -0.2) is 0 Å². The largest absolute Gasteiger partial charge is 0.480 e. The smallest absolute Gasteiger partial charge is 0.325 e. The van der Waals surface area contributed by atoms with Crippen molar-refractivity contribution in [2.24, 2.45) is 5.11 Å². The van der Waals surface area contributed by atoms with Gasteiger partial charge >= 0.3 is 5.97 Å². The van der Waals surface area contributed by atoms with Gasteiger partial charge in [0.05, 0.1) is 0 Å². The van der Waals surface area contributed by atoms with Crippen molar-refractivity contribution in [3.8, 4) is 0 Å². The average Bonchev–Trinajstić information content (AvgIpc) is 3.23. The van der Waals surface area contributed by atoms with Gasteiger partial charge in [-0.1, -0.05) is 29.4 Å². The summed E-state index contributed by atoms with van der Waals surface area (Å²) in [6.45, 7) is 0.589. The minimum absolute atomic E-state index is 0.242. The summed E-state index contributed by atoms with van der Waals surface area (Å²) >= 11 is 0. The molecule has 0 aromatic heterocycles. The third-order valence-electron chi connectivity index (χ3n) is 3.19. The summed E-state index contributed by atoms with van der Waals surface area (Å²) < 4.78 is 0. The third-order valence-corrected chi connectivity index (χ3v) is 3.19. The lowest BCUT2D eigenvalue weighted by molar-refractivity contribution is -0.139. The van der Waals surface area contributed by atoms with Crippen molar-refractivity contribution in [2.45, 2.75) is 24.8 Å². The fraction of sp³-hybridized carbons (Fsp3) is 0.462. The Morgan fingerprint density at radius 1 is 1.53 bits per heavy atom. The van der Waals surface area contributed by atoms with Crippen molar-refractivity contribution in [1.29, 1.82) is 0 Å². The summed E-state index contributed by atoms with van der Waals surface area (Å²) in [5.41, 5.74) is 10.1. The second kappa shape index (κ2) is 6.22. The molecule has 6 nitrogen and oxygen atoms in total. The van der Waals surface area contributed by atoms with E-state index < -0.39 is 12.0 Å². The molecular weight excluding hydrogens is 244 g/mol. The number of carboxylic acid groups (broad SMARTS) is 1. The summed E-state index contributed by atoms with van der Waals surface area (Å²) in [4.78, 5) is 14.0. The van der Waals surface area contributed by atoms with E-state index in [0.29, 0.717) is 12.5 Å². The van der Waals surface area contributed by atoms with E-state index in [1.807, 2.05) is 24.3 Å². The summed E-state index contributed by atoms with van der Waals surface area (Å²) in [5, 5.41) is 15.7. The molecule has 6 heteroatoms. The van der Waals surface area contributed by atoms with Crippen LogP contribution in [0, 0.1) is 0 Å². The Bertz CT molecular complexity index is 507. The lowest BCUT2D eigenvalue weighted by Crippen LogP contribution is -2.31. The minimum Gasteiger partial charge on any atom is -0.480 e. The summed E-state index contributed by atoms with van der Waals surface area (Å²) in [6, 6.07) is 6.90. The van der Waals surface area contributed by atoms with Gasteiger partial charge in [-0.2, -0.15) is 0 Å². The fourth-order valence-electron chi connectivity index (χ4n) is 2.17. The molecule has 0 radical (unpaired) electrons. The van der Waals surface area contributed by atoms with Crippen LogP contribution in [-0.4, -0.2) is 24.2 Å². The fourth-order valence-corrected chi connectivity index (χ4v) is 2.17. The van der Waals surface area contributed by atoms with Crippen LogP contribution in [0.25, 0.3) is 10.4 Å². The van der Waals surface area contributed by atoms with E-state index in [-0.39, 0.29) is 6.54 Å². The predicted octanol–water partition coefficient (Wildman–Crippen LogP) is 2.59. The molecule has 1 fully saturated rings. The van der Waals surface area contributed by atoms with Crippen LogP contribution in [0.15, 0.2) is 29.4 Å². The van der Waals surface area contributed by atoms with E-state index in [1.165, 1.54) is 0 Å². The van der Waals surface area contributed by atoms with Crippen LogP contribution >= 0.6 is 0 Å². The van der Waals surface area contributed by atoms with E-state index in [9.17, 15) is 9.90 Å². The maximum absolute atomic E-state index is 11.4. The molecule has 0 aliphatic heterocycles. The van der Waals surface area contributed by atoms with Crippen LogP contribution in [0.5, 0.6) is 0 Å². The highest BCUT2D eigenvalue weighted by molar-refractivity contribution is 5.76. The Balaban J connectivity index is 2.14. The Morgan fingerprint density at radius 3 is 2.89 bits per heavy atom. The van der Waals surface area contributed by atoms with E-state index in [4.69, 9.17) is 5.53 Å². The van der Waals surface area contributed by atoms with Gasteiger partial charge in [-0.15, -0.1) is 0 Å². The van der Waals surface area contributed by atoms with Crippen LogP contribution in [0.1, 0.15) is 35.9 Å². The number of rotatable bonds is 7. The Kier molecular flexibility index (Phi) is 4.39. The zero-order valence-electron chi connectivity index (χ0n) is 10.5. The highest BCUT2D eigenvalue weighted by atomic mass is 16.4. The quantitative estimate of drug-likeness (QED) is 0.341. The zero-order valence-corrected chi connectivity index (χ0v) is 10.5. The Hall–Kier alpha value is -2.04. The van der Waals surface area contributed by atoms with Crippen molar-refractivity contribution < 1.29 is 9.90 Å². The molecular formula is C13H16N4O2. The number of nitrogens with zero attached hydrogens (tertiary/aromatic N) is 3. The van der Waals surface area contributed by atoms with Crippen LogP contribution in [0.4, 0.5) is 0 Å². The topological polar surface area (TPSA) is 98.1 Å². The molecule has 0 bridgehead atoms. The Labute approximate surface area is 111 Å². The SMILES string of the molecule is [N-]=[N+]=NCCNC(C(=O)O)c1ccccc1C1CC1. The van der Waals surface area contributed by atoms with Gasteiger partial charge in [0, 0.05) is 18.0 Å². The molecule has 2 N–H and O–H groups in total. The number of carboxylic acids is 1. The van der Waals surface area contributed by atoms with Crippen LogP contribution < -0.4 is 5.32 Å². The molecule has 0 spiro atoms. The lowest BCUT2D eigenvalue weighted by atomic mass is 9.97. The molecule has 1 saturated carbocycles. The highest BCUT2D eigenvalue weighted by Gasteiger charge is 2.30. The van der Waals surface area contributed by atoms with Crippen molar-refractivity contribution in [1.82, 2.24) is 5.32 Å². The second-order valence-electron chi connectivity index (χ2n) is 4.58.